The summed E-state index contributed by atoms with van der Waals surface area (Å²) in [4.78, 5) is 35.0. The Morgan fingerprint density at radius 3 is 2.64 bits per heavy atom. The second kappa shape index (κ2) is 13.3. The number of sulfonamides is 1. The van der Waals surface area contributed by atoms with E-state index in [1.54, 1.807) is 12.3 Å². The van der Waals surface area contributed by atoms with Crippen LogP contribution in [-0.2, 0) is 14.8 Å². The van der Waals surface area contributed by atoms with Crippen molar-refractivity contribution in [1.29, 1.82) is 0 Å². The molecule has 0 aliphatic carbocycles. The molecule has 1 fully saturated rings. The Morgan fingerprint density at radius 1 is 1.31 bits per heavy atom. The maximum absolute atomic E-state index is 11.8. The quantitative estimate of drug-likeness (QED) is 0.404. The highest BCUT2D eigenvalue weighted by atomic mass is 32.3. The van der Waals surface area contributed by atoms with Gasteiger partial charge in [0.25, 0.3) is 5.91 Å². The van der Waals surface area contributed by atoms with E-state index in [9.17, 15) is 18.0 Å². The molecule has 198 valence electrons. The first-order chi connectivity index (χ1) is 17.2. The number of carbonyl (C=O) groups excluding carboxylic acids is 2. The summed E-state index contributed by atoms with van der Waals surface area (Å²) >= 11 is 1.06. The lowest BCUT2D eigenvalue weighted by Crippen LogP contribution is -2.40. The van der Waals surface area contributed by atoms with E-state index in [0.717, 1.165) is 46.5 Å². The number of hydrogen-bond donors (Lipinski definition) is 2. The number of amides is 2. The van der Waals surface area contributed by atoms with Crippen molar-refractivity contribution in [2.24, 2.45) is 0 Å². The molecule has 4 heterocycles. The number of anilines is 4. The van der Waals surface area contributed by atoms with E-state index in [1.807, 2.05) is 32.9 Å². The van der Waals surface area contributed by atoms with E-state index in [2.05, 4.69) is 37.4 Å². The van der Waals surface area contributed by atoms with Crippen LogP contribution in [0.5, 0.6) is 0 Å². The van der Waals surface area contributed by atoms with Gasteiger partial charge in [0.05, 0.1) is 17.6 Å². The van der Waals surface area contributed by atoms with E-state index < -0.39 is 10.0 Å². The number of hydrogen-bond acceptors (Lipinski definition) is 9. The van der Waals surface area contributed by atoms with Crippen LogP contribution >= 0.6 is 11.9 Å². The fraction of sp³-hybridized carbons (Fsp3) is 0.478. The van der Waals surface area contributed by atoms with Gasteiger partial charge < -0.3 is 20.4 Å². The average molecular weight is 538 g/mol. The summed E-state index contributed by atoms with van der Waals surface area (Å²) < 4.78 is 24.0. The second-order valence-corrected chi connectivity index (χ2v) is 10.5. The molecule has 11 nitrogen and oxygen atoms in total. The van der Waals surface area contributed by atoms with Crippen LogP contribution in [0.15, 0.2) is 30.5 Å². The molecular weight excluding hydrogens is 502 g/mol. The first-order valence-corrected chi connectivity index (χ1v) is 14.7. The zero-order valence-corrected chi connectivity index (χ0v) is 23.2. The van der Waals surface area contributed by atoms with Crippen molar-refractivity contribution in [3.63, 3.8) is 0 Å². The van der Waals surface area contributed by atoms with Crippen molar-refractivity contribution in [2.75, 3.05) is 58.0 Å². The smallest absolute Gasteiger partial charge is 0.269 e. The molecule has 0 saturated carbocycles. The number of nitrogens with one attached hydrogen (secondary N) is 2. The van der Waals surface area contributed by atoms with E-state index in [1.165, 1.54) is 18.7 Å². The maximum atomic E-state index is 11.8. The molecule has 0 radical (unpaired) electrons. The minimum absolute atomic E-state index is 0.0957. The van der Waals surface area contributed by atoms with Gasteiger partial charge in [0.2, 0.25) is 16.4 Å². The number of rotatable bonds is 7. The Balaban J connectivity index is 0.000000239. The molecule has 13 heteroatoms. The normalized spacial score (nSPS) is 15.4. The number of likely N-dealkylation sites (N-methyl/N-ethyl adjacent to an activating group) is 1. The minimum atomic E-state index is -3.35. The monoisotopic (exact) mass is 537 g/mol. The van der Waals surface area contributed by atoms with Gasteiger partial charge in [0.1, 0.15) is 11.5 Å². The number of aromatic nitrogens is 2. The Kier molecular flexibility index (Phi) is 10.8. The molecule has 2 aromatic rings. The highest BCUT2D eigenvalue weighted by molar-refractivity contribution is 8.14. The fourth-order valence-corrected chi connectivity index (χ4v) is 5.78. The van der Waals surface area contributed by atoms with Crippen LogP contribution in [0, 0.1) is 0 Å². The van der Waals surface area contributed by atoms with Crippen molar-refractivity contribution in [2.45, 2.75) is 33.2 Å². The summed E-state index contributed by atoms with van der Waals surface area (Å²) in [5.41, 5.74) is 2.10. The number of pyridine rings is 2. The molecule has 2 aromatic heterocycles. The lowest BCUT2D eigenvalue weighted by molar-refractivity contribution is -0.105. The highest BCUT2D eigenvalue weighted by Crippen LogP contribution is 2.37. The lowest BCUT2D eigenvalue weighted by atomic mass is 10.2. The van der Waals surface area contributed by atoms with Gasteiger partial charge in [-0.05, 0) is 43.5 Å². The van der Waals surface area contributed by atoms with E-state index in [4.69, 9.17) is 0 Å². The third-order valence-corrected chi connectivity index (χ3v) is 8.05. The van der Waals surface area contributed by atoms with Crippen LogP contribution in [0.1, 0.15) is 37.7 Å². The molecule has 36 heavy (non-hydrogen) atoms. The molecule has 2 bridgehead atoms. The van der Waals surface area contributed by atoms with Gasteiger partial charge in [-0.15, -0.1) is 0 Å². The van der Waals surface area contributed by atoms with Crippen LogP contribution in [-0.4, -0.2) is 75.9 Å². The molecule has 1 atom stereocenters. The first-order valence-electron chi connectivity index (χ1n) is 11.7. The molecule has 2 N–H and O–H groups in total. The van der Waals surface area contributed by atoms with E-state index in [-0.39, 0.29) is 5.91 Å². The standard InChI is InChI=1S/C13H18N4O.C8H11N3O3S2.C2H6/c1-3-14-13(18)10-4-5-11-12(15-10)16(2)9-6-7-17(11)8-9;1-15-11(16(2,13)14)7-3-4-9-8(5-7)10-6-12;1-2/h4-5,9H,3,6-8H2,1-2H3,(H,14,18);3-6H,1-2H3,(H,9,10,12);1-2H3/t9-;;/m0../s1. The van der Waals surface area contributed by atoms with Gasteiger partial charge in [-0.1, -0.05) is 13.8 Å². The van der Waals surface area contributed by atoms with Crippen molar-refractivity contribution < 1.29 is 18.0 Å². The Morgan fingerprint density at radius 2 is 2.03 bits per heavy atom. The lowest BCUT2D eigenvalue weighted by Gasteiger charge is -2.34. The van der Waals surface area contributed by atoms with Crippen LogP contribution in [0.25, 0.3) is 0 Å². The number of nitrogens with zero attached hydrogens (tertiary/aromatic N) is 5. The van der Waals surface area contributed by atoms with Crippen LogP contribution < -0.4 is 24.1 Å². The minimum Gasteiger partial charge on any atom is -0.366 e. The predicted molar refractivity (Wildman–Crippen MR) is 147 cm³/mol. The average Bonchev–Trinajstić information content (AvgIpc) is 3.30. The van der Waals surface area contributed by atoms with Gasteiger partial charge in [-0.25, -0.2) is 22.1 Å². The second-order valence-electron chi connectivity index (χ2n) is 7.73. The van der Waals surface area contributed by atoms with Crippen molar-refractivity contribution >= 4 is 57.3 Å². The van der Waals surface area contributed by atoms with Crippen molar-refractivity contribution in [3.8, 4) is 0 Å². The molecule has 0 spiro atoms. The third-order valence-electron chi connectivity index (χ3n) is 5.44. The highest BCUT2D eigenvalue weighted by Gasteiger charge is 2.35. The summed E-state index contributed by atoms with van der Waals surface area (Å²) in [5, 5.41) is 5.14. The summed E-state index contributed by atoms with van der Waals surface area (Å²) in [6.07, 6.45) is 5.83. The van der Waals surface area contributed by atoms with Crippen molar-refractivity contribution in [1.82, 2.24) is 15.3 Å². The third kappa shape index (κ3) is 7.00. The van der Waals surface area contributed by atoms with Crippen molar-refractivity contribution in [3.05, 3.63) is 36.2 Å². The summed E-state index contributed by atoms with van der Waals surface area (Å²) in [7, 11) is -1.28. The Bertz CT molecular complexity index is 1150. The maximum Gasteiger partial charge on any atom is 0.269 e. The zero-order valence-electron chi connectivity index (χ0n) is 21.6. The molecular formula is C23H35N7O4S2. The number of fused-ring (bicyclic) bond motifs is 4. The molecule has 0 unspecified atom stereocenters. The Labute approximate surface area is 217 Å². The van der Waals surface area contributed by atoms with E-state index >= 15 is 0 Å². The van der Waals surface area contributed by atoms with E-state index in [0.29, 0.717) is 36.2 Å². The SMILES string of the molecule is CC.CCNC(=O)c1ccc2c(n1)N(C)[C@H]1CCN2C1.CSN(c1ccnc(NC=O)c1)S(C)(=O)=O. The molecule has 2 amide bonds. The van der Waals surface area contributed by atoms with Gasteiger partial charge in [-0.3, -0.25) is 9.59 Å². The molecule has 0 aromatic carbocycles. The van der Waals surface area contributed by atoms with Crippen LogP contribution in [0.2, 0.25) is 0 Å². The Hall–Kier alpha value is -3.06. The predicted octanol–water partition coefficient (Wildman–Crippen LogP) is 2.58. The summed E-state index contributed by atoms with van der Waals surface area (Å²) in [6, 6.07) is 7.40. The van der Waals surface area contributed by atoms with Gasteiger partial charge in [-0.2, -0.15) is 0 Å². The topological polar surface area (TPSA) is 128 Å². The molecule has 1 saturated heterocycles. The van der Waals surface area contributed by atoms with Gasteiger partial charge in [0, 0.05) is 51.2 Å². The largest absolute Gasteiger partial charge is 0.366 e. The fourth-order valence-electron chi connectivity index (χ4n) is 3.88. The summed E-state index contributed by atoms with van der Waals surface area (Å²) in [6.45, 7) is 8.70. The number of carbonyl (C=O) groups is 2. The summed E-state index contributed by atoms with van der Waals surface area (Å²) in [5.74, 6) is 1.14. The van der Waals surface area contributed by atoms with Crippen LogP contribution in [0.4, 0.5) is 23.0 Å². The first kappa shape index (κ1) is 29.2. The zero-order chi connectivity index (χ0) is 26.9. The van der Waals surface area contributed by atoms with Gasteiger partial charge >= 0.3 is 0 Å². The molecule has 4 rings (SSSR count). The van der Waals surface area contributed by atoms with Crippen LogP contribution in [0.3, 0.4) is 0 Å². The molecule has 2 aliphatic heterocycles. The van der Waals surface area contributed by atoms with Gasteiger partial charge in [0.15, 0.2) is 5.82 Å². The molecule has 2 aliphatic rings.